The number of rotatable bonds is 1. The van der Waals surface area contributed by atoms with E-state index in [9.17, 15) is 4.79 Å². The maximum atomic E-state index is 12.0. The first-order valence-electron chi connectivity index (χ1n) is 6.54. The van der Waals surface area contributed by atoms with Crippen LogP contribution in [0.15, 0.2) is 35.3 Å². The molecule has 18 heavy (non-hydrogen) atoms. The second-order valence-corrected chi connectivity index (χ2v) is 4.90. The zero-order valence-corrected chi connectivity index (χ0v) is 10.2. The second kappa shape index (κ2) is 4.80. The fourth-order valence-electron chi connectivity index (χ4n) is 2.65. The number of nitrogens with one attached hydrogen (secondary N) is 2. The molecular weight excluding hydrogens is 226 g/mol. The molecule has 1 amide bonds. The van der Waals surface area contributed by atoms with Crippen molar-refractivity contribution >= 4 is 11.9 Å². The molecule has 0 aromatic heterocycles. The monoisotopic (exact) mass is 243 g/mol. The Morgan fingerprint density at radius 2 is 2.00 bits per heavy atom. The lowest BCUT2D eigenvalue weighted by atomic mass is 9.92. The van der Waals surface area contributed by atoms with Gasteiger partial charge in [0.15, 0.2) is 5.96 Å². The van der Waals surface area contributed by atoms with Crippen LogP contribution in [-0.2, 0) is 0 Å². The molecule has 1 fully saturated rings. The molecule has 1 aliphatic carbocycles. The van der Waals surface area contributed by atoms with Crippen molar-refractivity contribution in [3.05, 3.63) is 35.9 Å². The van der Waals surface area contributed by atoms with E-state index in [2.05, 4.69) is 15.6 Å². The SMILES string of the molecule is O=C(NC1=N[C@H]2CCCC[C@@H]2N1)c1ccccc1. The van der Waals surface area contributed by atoms with Crippen LogP contribution < -0.4 is 10.6 Å². The van der Waals surface area contributed by atoms with Crippen LogP contribution >= 0.6 is 0 Å². The third kappa shape index (κ3) is 2.23. The number of benzene rings is 1. The molecule has 94 valence electrons. The third-order valence-corrected chi connectivity index (χ3v) is 3.61. The van der Waals surface area contributed by atoms with Crippen LogP contribution in [0.25, 0.3) is 0 Å². The van der Waals surface area contributed by atoms with Crippen molar-refractivity contribution in [2.75, 3.05) is 0 Å². The van der Waals surface area contributed by atoms with E-state index in [1.807, 2.05) is 18.2 Å². The first kappa shape index (κ1) is 11.3. The minimum atomic E-state index is -0.0968. The van der Waals surface area contributed by atoms with Crippen LogP contribution in [0.5, 0.6) is 0 Å². The van der Waals surface area contributed by atoms with Gasteiger partial charge in [0.05, 0.1) is 12.1 Å². The average Bonchev–Trinajstić information content (AvgIpc) is 2.82. The number of guanidine groups is 1. The summed E-state index contributed by atoms with van der Waals surface area (Å²) in [5.41, 5.74) is 0.664. The Morgan fingerprint density at radius 3 is 2.78 bits per heavy atom. The molecule has 4 nitrogen and oxygen atoms in total. The molecule has 1 aromatic rings. The van der Waals surface area contributed by atoms with Crippen molar-refractivity contribution < 1.29 is 4.79 Å². The van der Waals surface area contributed by atoms with Gasteiger partial charge in [-0.05, 0) is 25.0 Å². The highest BCUT2D eigenvalue weighted by molar-refractivity contribution is 6.06. The molecule has 4 heteroatoms. The van der Waals surface area contributed by atoms with Crippen molar-refractivity contribution in [1.82, 2.24) is 10.6 Å². The molecule has 1 aromatic carbocycles. The molecular formula is C14H17N3O. The Bertz CT molecular complexity index is 469. The van der Waals surface area contributed by atoms with Gasteiger partial charge in [0, 0.05) is 5.56 Å². The van der Waals surface area contributed by atoms with Gasteiger partial charge in [-0.2, -0.15) is 0 Å². The van der Waals surface area contributed by atoms with Gasteiger partial charge in [0.2, 0.25) is 0 Å². The highest BCUT2D eigenvalue weighted by Crippen LogP contribution is 2.24. The van der Waals surface area contributed by atoms with Gasteiger partial charge >= 0.3 is 0 Å². The summed E-state index contributed by atoms with van der Waals surface area (Å²) in [7, 11) is 0. The zero-order chi connectivity index (χ0) is 12.4. The van der Waals surface area contributed by atoms with E-state index in [1.54, 1.807) is 12.1 Å². The number of carbonyl (C=O) groups is 1. The Labute approximate surface area is 106 Å². The van der Waals surface area contributed by atoms with E-state index in [-0.39, 0.29) is 5.91 Å². The Balaban J connectivity index is 1.65. The van der Waals surface area contributed by atoms with Crippen molar-refractivity contribution in [3.63, 3.8) is 0 Å². The molecule has 2 N–H and O–H groups in total. The van der Waals surface area contributed by atoms with Crippen LogP contribution in [0.4, 0.5) is 0 Å². The van der Waals surface area contributed by atoms with Crippen LogP contribution in [0, 0.1) is 0 Å². The fourth-order valence-corrected chi connectivity index (χ4v) is 2.65. The Morgan fingerprint density at radius 1 is 1.22 bits per heavy atom. The second-order valence-electron chi connectivity index (χ2n) is 4.90. The smallest absolute Gasteiger partial charge is 0.257 e. The molecule has 0 radical (unpaired) electrons. The largest absolute Gasteiger partial charge is 0.351 e. The predicted octanol–water partition coefficient (Wildman–Crippen LogP) is 1.69. The quantitative estimate of drug-likeness (QED) is 0.788. The number of hydrogen-bond acceptors (Lipinski definition) is 3. The summed E-state index contributed by atoms with van der Waals surface area (Å²) in [6.45, 7) is 0. The molecule has 0 bridgehead atoms. The Hall–Kier alpha value is -1.84. The first-order chi connectivity index (χ1) is 8.83. The van der Waals surface area contributed by atoms with Crippen molar-refractivity contribution in [3.8, 4) is 0 Å². The van der Waals surface area contributed by atoms with E-state index in [0.717, 1.165) is 12.8 Å². The highest BCUT2D eigenvalue weighted by Gasteiger charge is 2.31. The molecule has 1 heterocycles. The molecule has 1 aliphatic heterocycles. The maximum absolute atomic E-state index is 12.0. The molecule has 3 rings (SSSR count). The van der Waals surface area contributed by atoms with Crippen LogP contribution in [0.1, 0.15) is 36.0 Å². The summed E-state index contributed by atoms with van der Waals surface area (Å²) in [6, 6.07) is 10.00. The van der Waals surface area contributed by atoms with E-state index in [4.69, 9.17) is 0 Å². The van der Waals surface area contributed by atoms with E-state index in [1.165, 1.54) is 12.8 Å². The van der Waals surface area contributed by atoms with Crippen LogP contribution in [0.3, 0.4) is 0 Å². The van der Waals surface area contributed by atoms with Gasteiger partial charge in [-0.3, -0.25) is 10.1 Å². The number of carbonyl (C=O) groups excluding carboxylic acids is 1. The minimum Gasteiger partial charge on any atom is -0.351 e. The van der Waals surface area contributed by atoms with Crippen LogP contribution in [-0.4, -0.2) is 24.0 Å². The number of hydrogen-bond donors (Lipinski definition) is 2. The molecule has 0 spiro atoms. The molecule has 0 unspecified atom stereocenters. The summed E-state index contributed by atoms with van der Waals surface area (Å²) in [4.78, 5) is 16.5. The fraction of sp³-hybridized carbons (Fsp3) is 0.429. The lowest BCUT2D eigenvalue weighted by Crippen LogP contribution is -2.43. The number of nitrogens with zero attached hydrogens (tertiary/aromatic N) is 1. The lowest BCUT2D eigenvalue weighted by Gasteiger charge is -2.22. The number of amides is 1. The maximum Gasteiger partial charge on any atom is 0.257 e. The van der Waals surface area contributed by atoms with Crippen LogP contribution in [0.2, 0.25) is 0 Å². The molecule has 2 atom stereocenters. The van der Waals surface area contributed by atoms with E-state index < -0.39 is 0 Å². The topological polar surface area (TPSA) is 53.5 Å². The van der Waals surface area contributed by atoms with Crippen molar-refractivity contribution in [2.24, 2.45) is 4.99 Å². The number of aliphatic imine (C=N–C) groups is 1. The number of fused-ring (bicyclic) bond motifs is 1. The van der Waals surface area contributed by atoms with Gasteiger partial charge in [-0.25, -0.2) is 4.99 Å². The standard InChI is InChI=1S/C14H17N3O/c18-13(10-6-2-1-3-7-10)17-14-15-11-8-4-5-9-12(11)16-14/h1-3,6-7,11-12H,4-5,8-9H2,(H2,15,16,17,18)/t11-,12-/m0/s1. The molecule has 0 saturated heterocycles. The van der Waals surface area contributed by atoms with E-state index in [0.29, 0.717) is 23.6 Å². The molecule has 2 aliphatic rings. The summed E-state index contributed by atoms with van der Waals surface area (Å²) >= 11 is 0. The third-order valence-electron chi connectivity index (χ3n) is 3.61. The van der Waals surface area contributed by atoms with Gasteiger partial charge in [0.1, 0.15) is 0 Å². The lowest BCUT2D eigenvalue weighted by molar-refractivity contribution is 0.0976. The molecule has 1 saturated carbocycles. The van der Waals surface area contributed by atoms with Gasteiger partial charge in [-0.1, -0.05) is 31.0 Å². The normalized spacial score (nSPS) is 25.9. The highest BCUT2D eigenvalue weighted by atomic mass is 16.1. The van der Waals surface area contributed by atoms with Gasteiger partial charge < -0.3 is 5.32 Å². The van der Waals surface area contributed by atoms with Gasteiger partial charge in [-0.15, -0.1) is 0 Å². The Kier molecular flexibility index (Phi) is 3.00. The van der Waals surface area contributed by atoms with Crippen molar-refractivity contribution in [1.29, 1.82) is 0 Å². The minimum absolute atomic E-state index is 0.0968. The summed E-state index contributed by atoms with van der Waals surface area (Å²) < 4.78 is 0. The van der Waals surface area contributed by atoms with E-state index >= 15 is 0 Å². The van der Waals surface area contributed by atoms with Crippen molar-refractivity contribution in [2.45, 2.75) is 37.8 Å². The summed E-state index contributed by atoms with van der Waals surface area (Å²) in [5.74, 6) is 0.543. The van der Waals surface area contributed by atoms with Gasteiger partial charge in [0.25, 0.3) is 5.91 Å². The first-order valence-corrected chi connectivity index (χ1v) is 6.54. The summed E-state index contributed by atoms with van der Waals surface area (Å²) in [5, 5.41) is 6.16. The average molecular weight is 243 g/mol. The predicted molar refractivity (Wildman–Crippen MR) is 70.5 cm³/mol. The summed E-state index contributed by atoms with van der Waals surface area (Å²) in [6.07, 6.45) is 4.77. The zero-order valence-electron chi connectivity index (χ0n) is 10.2.